The van der Waals surface area contributed by atoms with E-state index in [4.69, 9.17) is 4.74 Å². The Labute approximate surface area is 229 Å². The molecule has 0 unspecified atom stereocenters. The van der Waals surface area contributed by atoms with Gasteiger partial charge in [-0.2, -0.15) is 5.10 Å². The van der Waals surface area contributed by atoms with Gasteiger partial charge < -0.3 is 19.6 Å². The number of para-hydroxylation sites is 1. The summed E-state index contributed by atoms with van der Waals surface area (Å²) in [5.74, 6) is -0.799. The van der Waals surface area contributed by atoms with Crippen LogP contribution in [0.5, 0.6) is 0 Å². The number of carbonyl (C=O) groups is 2. The molecule has 0 aliphatic heterocycles. The minimum Gasteiger partial charge on any atom is -0.445 e. The number of nitrogens with one attached hydrogen (secondary N) is 3. The van der Waals surface area contributed by atoms with E-state index in [-0.39, 0.29) is 18.8 Å². The van der Waals surface area contributed by atoms with Crippen LogP contribution in [0.3, 0.4) is 0 Å². The Morgan fingerprint density at radius 2 is 1.80 bits per heavy atom. The number of hydrogen-bond acceptors (Lipinski definition) is 5. The Morgan fingerprint density at radius 1 is 1.02 bits per heavy atom. The molecular formula is C30H27FN6O3. The monoisotopic (exact) mass is 538 g/mol. The zero-order chi connectivity index (χ0) is 27.7. The summed E-state index contributed by atoms with van der Waals surface area (Å²) in [5, 5.41) is 7.73. The summed E-state index contributed by atoms with van der Waals surface area (Å²) in [7, 11) is 0. The van der Waals surface area contributed by atoms with Crippen molar-refractivity contribution in [1.29, 1.82) is 0 Å². The first-order valence-electron chi connectivity index (χ1n) is 12.6. The summed E-state index contributed by atoms with van der Waals surface area (Å²) in [6.45, 7) is 0.619. The predicted octanol–water partition coefficient (Wildman–Crippen LogP) is 4.54. The molecule has 0 saturated heterocycles. The molecule has 5 rings (SSSR count). The smallest absolute Gasteiger partial charge is 0.408 e. The Hall–Kier alpha value is -5.25. The molecule has 0 radical (unpaired) electrons. The molecule has 40 heavy (non-hydrogen) atoms. The Kier molecular flexibility index (Phi) is 8.26. The predicted molar refractivity (Wildman–Crippen MR) is 149 cm³/mol. The third-order valence-corrected chi connectivity index (χ3v) is 6.26. The van der Waals surface area contributed by atoms with E-state index in [0.29, 0.717) is 12.2 Å². The number of fused-ring (bicyclic) bond motifs is 1. The van der Waals surface area contributed by atoms with Crippen LogP contribution in [0, 0.1) is 5.82 Å². The summed E-state index contributed by atoms with van der Waals surface area (Å²) >= 11 is 0. The van der Waals surface area contributed by atoms with Crippen LogP contribution in [0.2, 0.25) is 0 Å². The second-order valence-electron chi connectivity index (χ2n) is 9.13. The molecule has 10 heteroatoms. The number of benzene rings is 3. The summed E-state index contributed by atoms with van der Waals surface area (Å²) in [6, 6.07) is 22.5. The Balaban J connectivity index is 1.27. The average molecular weight is 539 g/mol. The lowest BCUT2D eigenvalue weighted by atomic mass is 10.1. The van der Waals surface area contributed by atoms with Crippen molar-refractivity contribution in [2.75, 3.05) is 0 Å². The number of aromatic amines is 1. The van der Waals surface area contributed by atoms with Gasteiger partial charge in [0.1, 0.15) is 18.5 Å². The van der Waals surface area contributed by atoms with Gasteiger partial charge in [-0.05, 0) is 29.3 Å². The van der Waals surface area contributed by atoms with E-state index in [1.165, 1.54) is 18.5 Å². The second kappa shape index (κ2) is 12.5. The second-order valence-corrected chi connectivity index (χ2v) is 9.13. The van der Waals surface area contributed by atoms with Crippen molar-refractivity contribution >= 4 is 29.1 Å². The van der Waals surface area contributed by atoms with Gasteiger partial charge in [-0.25, -0.2) is 19.6 Å². The molecule has 202 valence electrons. The Morgan fingerprint density at radius 3 is 2.58 bits per heavy atom. The van der Waals surface area contributed by atoms with Crippen molar-refractivity contribution in [3.05, 3.63) is 126 Å². The van der Waals surface area contributed by atoms with Gasteiger partial charge in [0.05, 0.1) is 12.5 Å². The molecule has 0 spiro atoms. The summed E-state index contributed by atoms with van der Waals surface area (Å²) in [5.41, 5.74) is 6.73. The van der Waals surface area contributed by atoms with Gasteiger partial charge in [-0.1, -0.05) is 60.7 Å². The summed E-state index contributed by atoms with van der Waals surface area (Å²) < 4.78 is 20.7. The molecule has 3 aromatic carbocycles. The van der Waals surface area contributed by atoms with Gasteiger partial charge in [0, 0.05) is 47.5 Å². The van der Waals surface area contributed by atoms with Crippen molar-refractivity contribution in [2.45, 2.75) is 25.6 Å². The summed E-state index contributed by atoms with van der Waals surface area (Å²) in [4.78, 5) is 32.4. The lowest BCUT2D eigenvalue weighted by molar-refractivity contribution is -0.123. The van der Waals surface area contributed by atoms with Crippen LogP contribution in [0.25, 0.3) is 10.9 Å². The largest absolute Gasteiger partial charge is 0.445 e. The van der Waals surface area contributed by atoms with Crippen molar-refractivity contribution in [3.8, 4) is 0 Å². The van der Waals surface area contributed by atoms with Gasteiger partial charge in [-0.15, -0.1) is 0 Å². The Bertz CT molecular complexity index is 1600. The number of nitrogens with zero attached hydrogens (tertiary/aromatic N) is 3. The fourth-order valence-corrected chi connectivity index (χ4v) is 4.27. The average Bonchev–Trinajstić information content (AvgIpc) is 3.61. The lowest BCUT2D eigenvalue weighted by Crippen LogP contribution is -2.47. The van der Waals surface area contributed by atoms with Gasteiger partial charge in [0.25, 0.3) is 5.91 Å². The van der Waals surface area contributed by atoms with Crippen LogP contribution >= 0.6 is 0 Å². The van der Waals surface area contributed by atoms with Crippen molar-refractivity contribution in [1.82, 2.24) is 25.3 Å². The third kappa shape index (κ3) is 6.79. The van der Waals surface area contributed by atoms with Crippen LogP contribution in [-0.2, 0) is 29.1 Å². The molecule has 2 amide bonds. The van der Waals surface area contributed by atoms with Crippen molar-refractivity contribution in [3.63, 3.8) is 0 Å². The number of hydrazone groups is 1. The van der Waals surface area contributed by atoms with Gasteiger partial charge in [0.2, 0.25) is 0 Å². The normalized spacial score (nSPS) is 11.9. The number of H-pyrrole nitrogens is 1. The number of hydrogen-bond donors (Lipinski definition) is 3. The van der Waals surface area contributed by atoms with E-state index in [9.17, 15) is 14.0 Å². The quantitative estimate of drug-likeness (QED) is 0.179. The van der Waals surface area contributed by atoms with E-state index in [1.807, 2.05) is 65.4 Å². The number of halogens is 1. The molecule has 1 atom stereocenters. The summed E-state index contributed by atoms with van der Waals surface area (Å²) in [6.07, 6.45) is 6.00. The number of rotatable bonds is 10. The number of carbonyl (C=O) groups excluding carboxylic acids is 2. The third-order valence-electron chi connectivity index (χ3n) is 6.26. The molecule has 0 fully saturated rings. The molecule has 2 aromatic heterocycles. The molecule has 0 saturated carbocycles. The molecule has 9 nitrogen and oxygen atoms in total. The first-order valence-corrected chi connectivity index (χ1v) is 12.6. The zero-order valence-electron chi connectivity index (χ0n) is 21.5. The molecule has 0 aliphatic carbocycles. The van der Waals surface area contributed by atoms with Crippen LogP contribution in [0.1, 0.15) is 22.4 Å². The maximum Gasteiger partial charge on any atom is 0.408 e. The number of aromatic nitrogens is 3. The number of alkyl carbamates (subject to hydrolysis) is 1. The van der Waals surface area contributed by atoms with E-state index in [0.717, 1.165) is 27.6 Å². The highest BCUT2D eigenvalue weighted by Crippen LogP contribution is 2.21. The molecule has 5 aromatic rings. The fraction of sp³-hybridized carbons (Fsp3) is 0.133. The SMILES string of the molecule is O=C(N[C@@H](Cc1cnc[nH]1)C(=O)N/N=C\c1cn(Cc2ccc(F)cc2)c2ccccc12)OCc1ccccc1. The highest BCUT2D eigenvalue weighted by Gasteiger charge is 2.22. The number of ether oxygens (including phenoxy) is 1. The van der Waals surface area contributed by atoms with Crippen LogP contribution in [0.4, 0.5) is 9.18 Å². The number of amides is 2. The molecule has 0 bridgehead atoms. The molecular weight excluding hydrogens is 511 g/mol. The van der Waals surface area contributed by atoms with E-state index in [2.05, 4.69) is 25.8 Å². The molecule has 2 heterocycles. The van der Waals surface area contributed by atoms with Crippen LogP contribution in [0.15, 0.2) is 103 Å². The van der Waals surface area contributed by atoms with Crippen molar-refractivity contribution < 1.29 is 18.7 Å². The van der Waals surface area contributed by atoms with Gasteiger partial charge >= 0.3 is 6.09 Å². The van der Waals surface area contributed by atoms with Crippen LogP contribution in [-0.4, -0.2) is 38.8 Å². The highest BCUT2D eigenvalue weighted by atomic mass is 19.1. The first-order chi connectivity index (χ1) is 19.5. The number of imidazole rings is 1. The van der Waals surface area contributed by atoms with Gasteiger partial charge in [-0.3, -0.25) is 4.79 Å². The minimum absolute atomic E-state index is 0.0746. The fourth-order valence-electron chi connectivity index (χ4n) is 4.27. The minimum atomic E-state index is -0.958. The topological polar surface area (TPSA) is 113 Å². The maximum atomic E-state index is 13.3. The highest BCUT2D eigenvalue weighted by molar-refractivity contribution is 6.00. The van der Waals surface area contributed by atoms with E-state index >= 15 is 0 Å². The molecule has 0 aliphatic rings. The van der Waals surface area contributed by atoms with E-state index < -0.39 is 18.0 Å². The van der Waals surface area contributed by atoms with Crippen molar-refractivity contribution in [2.24, 2.45) is 5.10 Å². The zero-order valence-corrected chi connectivity index (χ0v) is 21.5. The van der Waals surface area contributed by atoms with Gasteiger partial charge in [0.15, 0.2) is 0 Å². The standard InChI is InChI=1S/C30H27FN6O3/c31-24-12-10-21(11-13-24)17-37-18-23(26-8-4-5-9-28(26)37)15-34-36-29(38)27(14-25-16-32-20-33-25)35-30(39)40-19-22-6-2-1-3-7-22/h1-13,15-16,18,20,27H,14,17,19H2,(H,32,33)(H,35,39)(H,36,38)/b34-15-/t27-/m0/s1. The van der Waals surface area contributed by atoms with Crippen LogP contribution < -0.4 is 10.7 Å². The first kappa shape index (κ1) is 26.4. The lowest BCUT2D eigenvalue weighted by Gasteiger charge is -2.16. The maximum absolute atomic E-state index is 13.3. The van der Waals surface area contributed by atoms with E-state index in [1.54, 1.807) is 24.5 Å². The molecule has 3 N–H and O–H groups in total.